The highest BCUT2D eigenvalue weighted by Gasteiger charge is 2.03. The molecule has 0 atom stereocenters. The third kappa shape index (κ3) is 3.33. The first-order valence-corrected chi connectivity index (χ1v) is 6.30. The van der Waals surface area contributed by atoms with Crippen LogP contribution in [-0.4, -0.2) is 14.9 Å². The first kappa shape index (κ1) is 14.4. The van der Waals surface area contributed by atoms with Crippen molar-refractivity contribution in [1.29, 1.82) is 0 Å². The maximum Gasteiger partial charge on any atom is 0.272 e. The summed E-state index contributed by atoms with van der Waals surface area (Å²) in [6, 6.07) is 5.67. The number of H-pyrrole nitrogens is 2. The third-order valence-electron chi connectivity index (χ3n) is 2.81. The van der Waals surface area contributed by atoms with Crippen LogP contribution in [0.1, 0.15) is 18.9 Å². The minimum atomic E-state index is -0.506. The lowest BCUT2D eigenvalue weighted by atomic mass is 10.2. The van der Waals surface area contributed by atoms with Crippen molar-refractivity contribution in [3.63, 3.8) is 0 Å². The minimum Gasteiger partial charge on any atom is -0.316 e. The first-order valence-electron chi connectivity index (χ1n) is 6.30. The molecule has 21 heavy (non-hydrogen) atoms. The number of hydrogen-bond acceptors (Lipinski definition) is 4. The van der Waals surface area contributed by atoms with E-state index < -0.39 is 10.5 Å². The highest BCUT2D eigenvalue weighted by atomic mass is 16.6. The normalized spacial score (nSPS) is 12.6. The van der Waals surface area contributed by atoms with Gasteiger partial charge in [0.15, 0.2) is 0 Å². The van der Waals surface area contributed by atoms with Crippen LogP contribution in [-0.2, 0) is 0 Å². The number of hydrogen-bond donors (Lipinski definition) is 2. The summed E-state index contributed by atoms with van der Waals surface area (Å²) < 4.78 is 0. The third-order valence-corrected chi connectivity index (χ3v) is 2.81. The van der Waals surface area contributed by atoms with E-state index in [4.69, 9.17) is 0 Å². The fraction of sp³-hybridized carbons (Fsp3) is 0.143. The van der Waals surface area contributed by atoms with Gasteiger partial charge in [0.1, 0.15) is 10.7 Å². The molecule has 7 heteroatoms. The van der Waals surface area contributed by atoms with Crippen molar-refractivity contribution in [3.05, 3.63) is 71.3 Å². The number of nitrogens with zero attached hydrogens (tertiary/aromatic N) is 1. The maximum atomic E-state index is 11.9. The molecule has 1 heterocycles. The second-order valence-corrected chi connectivity index (χ2v) is 4.34. The predicted molar refractivity (Wildman–Crippen MR) is 78.4 cm³/mol. The van der Waals surface area contributed by atoms with Crippen LogP contribution >= 0.6 is 0 Å². The van der Waals surface area contributed by atoms with Crippen LogP contribution in [0.15, 0.2) is 33.9 Å². The topological polar surface area (TPSA) is 109 Å². The van der Waals surface area contributed by atoms with Crippen LogP contribution in [0.3, 0.4) is 0 Å². The van der Waals surface area contributed by atoms with Crippen LogP contribution in [0.5, 0.6) is 0 Å². The van der Waals surface area contributed by atoms with Crippen molar-refractivity contribution in [2.75, 3.05) is 0 Å². The summed E-state index contributed by atoms with van der Waals surface area (Å²) >= 11 is 0. The summed E-state index contributed by atoms with van der Waals surface area (Å²) in [5, 5.41) is 10.9. The largest absolute Gasteiger partial charge is 0.316 e. The van der Waals surface area contributed by atoms with Crippen molar-refractivity contribution in [1.82, 2.24) is 9.97 Å². The Kier molecular flexibility index (Phi) is 4.13. The van der Waals surface area contributed by atoms with Crippen molar-refractivity contribution in [2.45, 2.75) is 13.3 Å². The average molecular weight is 287 g/mol. The van der Waals surface area contributed by atoms with Crippen molar-refractivity contribution in [3.8, 4) is 0 Å². The molecule has 0 aliphatic rings. The maximum absolute atomic E-state index is 11.9. The van der Waals surface area contributed by atoms with E-state index in [9.17, 15) is 19.7 Å². The van der Waals surface area contributed by atoms with E-state index in [1.54, 1.807) is 6.08 Å². The summed E-state index contributed by atoms with van der Waals surface area (Å²) in [4.78, 5) is 38.7. The first-order chi connectivity index (χ1) is 10.0. The summed E-state index contributed by atoms with van der Waals surface area (Å²) in [5.41, 5.74) is -0.270. The van der Waals surface area contributed by atoms with Gasteiger partial charge in [-0.25, -0.2) is 0 Å². The highest BCUT2D eigenvalue weighted by molar-refractivity contribution is 5.50. The molecule has 1 aromatic carbocycles. The zero-order valence-electron chi connectivity index (χ0n) is 11.3. The fourth-order valence-electron chi connectivity index (χ4n) is 1.80. The Morgan fingerprint density at radius 3 is 2.24 bits per heavy atom. The molecule has 2 rings (SSSR count). The molecule has 0 spiro atoms. The minimum absolute atomic E-state index is 0.0394. The van der Waals surface area contributed by atoms with Gasteiger partial charge in [-0.3, -0.25) is 19.7 Å². The number of nitrogens with one attached hydrogen (secondary N) is 2. The number of nitro benzene ring substituents is 1. The van der Waals surface area contributed by atoms with Gasteiger partial charge in [0.2, 0.25) is 0 Å². The van der Waals surface area contributed by atoms with Crippen molar-refractivity contribution >= 4 is 17.8 Å². The number of rotatable bonds is 3. The number of aromatic nitrogens is 2. The summed E-state index contributed by atoms with van der Waals surface area (Å²) in [6.07, 6.45) is 3.71. The van der Waals surface area contributed by atoms with Gasteiger partial charge in [0.25, 0.3) is 16.8 Å². The lowest BCUT2D eigenvalue weighted by Crippen LogP contribution is -2.46. The predicted octanol–water partition coefficient (Wildman–Crippen LogP) is -0.00930. The summed E-state index contributed by atoms with van der Waals surface area (Å²) in [7, 11) is 0. The molecule has 0 bridgehead atoms. The second-order valence-electron chi connectivity index (χ2n) is 4.34. The van der Waals surface area contributed by atoms with Crippen LogP contribution in [0.4, 0.5) is 5.69 Å². The number of nitro groups is 1. The van der Waals surface area contributed by atoms with E-state index in [0.29, 0.717) is 12.0 Å². The molecular weight excluding hydrogens is 274 g/mol. The molecule has 0 amide bonds. The lowest BCUT2D eigenvalue weighted by Gasteiger charge is -1.94. The SMILES string of the molecule is CCC=c1[nH]c(=O)/c(=C\c2ccc([N+](=O)[O-])cc2)[nH]c1=O. The Morgan fingerprint density at radius 1 is 1.10 bits per heavy atom. The van der Waals surface area contributed by atoms with Gasteiger partial charge in [-0.1, -0.05) is 13.0 Å². The van der Waals surface area contributed by atoms with E-state index in [2.05, 4.69) is 9.97 Å². The van der Waals surface area contributed by atoms with Gasteiger partial charge < -0.3 is 9.97 Å². The van der Waals surface area contributed by atoms with E-state index in [0.717, 1.165) is 0 Å². The Hall–Kier alpha value is -2.96. The van der Waals surface area contributed by atoms with Crippen LogP contribution in [0, 0.1) is 10.1 Å². The Labute approximate surface area is 118 Å². The van der Waals surface area contributed by atoms with E-state index in [-0.39, 0.29) is 21.9 Å². The van der Waals surface area contributed by atoms with Gasteiger partial charge in [-0.2, -0.15) is 0 Å². The summed E-state index contributed by atoms with van der Waals surface area (Å²) in [5.74, 6) is 0. The van der Waals surface area contributed by atoms with E-state index >= 15 is 0 Å². The van der Waals surface area contributed by atoms with Crippen LogP contribution in [0.25, 0.3) is 12.2 Å². The van der Waals surface area contributed by atoms with E-state index in [1.807, 2.05) is 6.92 Å². The molecule has 0 saturated heterocycles. The van der Waals surface area contributed by atoms with Crippen molar-refractivity contribution < 1.29 is 4.92 Å². The molecule has 2 aromatic rings. The average Bonchev–Trinajstić information content (AvgIpc) is 2.45. The highest BCUT2D eigenvalue weighted by Crippen LogP contribution is 2.11. The van der Waals surface area contributed by atoms with Crippen LogP contribution < -0.4 is 21.8 Å². The standard InChI is InChI=1S/C14H13N3O4/c1-2-3-11-13(18)16-12(14(19)15-11)8-9-4-6-10(7-5-9)17(20)21/h3-8H,2H2,1H3,(H,15,19)(H,16,18)/b11-3?,12-8+. The monoisotopic (exact) mass is 287 g/mol. The Bertz CT molecular complexity index is 892. The molecule has 7 nitrogen and oxygen atoms in total. The molecule has 1 aromatic heterocycles. The smallest absolute Gasteiger partial charge is 0.272 e. The quantitative estimate of drug-likeness (QED) is 0.611. The zero-order valence-corrected chi connectivity index (χ0v) is 11.3. The molecule has 0 aliphatic heterocycles. The Morgan fingerprint density at radius 2 is 1.67 bits per heavy atom. The molecule has 108 valence electrons. The summed E-state index contributed by atoms with van der Waals surface area (Å²) in [6.45, 7) is 1.86. The van der Waals surface area contributed by atoms with E-state index in [1.165, 1.54) is 30.3 Å². The zero-order chi connectivity index (χ0) is 15.4. The van der Waals surface area contributed by atoms with Gasteiger partial charge in [-0.15, -0.1) is 0 Å². The molecular formula is C14H13N3O4. The van der Waals surface area contributed by atoms with Crippen LogP contribution in [0.2, 0.25) is 0 Å². The number of aromatic amines is 2. The fourth-order valence-corrected chi connectivity index (χ4v) is 1.80. The molecule has 0 radical (unpaired) electrons. The number of benzene rings is 1. The van der Waals surface area contributed by atoms with Gasteiger partial charge in [0, 0.05) is 12.1 Å². The molecule has 0 unspecified atom stereocenters. The lowest BCUT2D eigenvalue weighted by molar-refractivity contribution is -0.384. The van der Waals surface area contributed by atoms with Gasteiger partial charge in [0.05, 0.1) is 4.92 Å². The molecule has 0 saturated carbocycles. The number of non-ortho nitro benzene ring substituents is 1. The second kappa shape index (κ2) is 6.00. The molecule has 0 aliphatic carbocycles. The van der Waals surface area contributed by atoms with Gasteiger partial charge in [-0.05, 0) is 30.2 Å². The molecule has 2 N–H and O–H groups in total. The Balaban J connectivity index is 2.54. The van der Waals surface area contributed by atoms with Gasteiger partial charge >= 0.3 is 0 Å². The molecule has 0 fully saturated rings. The van der Waals surface area contributed by atoms with Crippen molar-refractivity contribution in [2.24, 2.45) is 0 Å².